The molecule has 0 amide bonds. The molecule has 0 aliphatic heterocycles. The van der Waals surface area contributed by atoms with E-state index in [-0.39, 0.29) is 5.41 Å². The van der Waals surface area contributed by atoms with E-state index >= 15 is 0 Å². The molecule has 0 saturated heterocycles. The van der Waals surface area contributed by atoms with Crippen LogP contribution in [-0.2, 0) is 5.41 Å². The zero-order valence-corrected chi connectivity index (χ0v) is 26.4. The van der Waals surface area contributed by atoms with Gasteiger partial charge in [0.15, 0.2) is 0 Å². The van der Waals surface area contributed by atoms with Crippen LogP contribution < -0.4 is 4.90 Å². The molecule has 0 spiro atoms. The van der Waals surface area contributed by atoms with E-state index in [0.717, 1.165) is 39.0 Å². The Morgan fingerprint density at radius 3 is 1.60 bits per heavy atom. The lowest BCUT2D eigenvalue weighted by Crippen LogP contribution is -2.15. The number of nitrogens with zero attached hydrogens (tertiary/aromatic N) is 1. The normalized spacial score (nSPS) is 13.1. The van der Waals surface area contributed by atoms with E-state index < -0.39 is 0 Å². The molecule has 0 N–H and O–H groups in total. The van der Waals surface area contributed by atoms with Crippen molar-refractivity contribution >= 4 is 39.0 Å². The zero-order valence-electron chi connectivity index (χ0n) is 26.4. The van der Waals surface area contributed by atoms with Crippen molar-refractivity contribution in [3.8, 4) is 33.4 Å². The van der Waals surface area contributed by atoms with E-state index in [1.807, 2.05) is 0 Å². The Morgan fingerprint density at radius 1 is 0.447 bits per heavy atom. The number of hydrogen-bond acceptors (Lipinski definition) is 2. The summed E-state index contributed by atoms with van der Waals surface area (Å²) in [6.45, 7) is 4.63. The first-order valence-electron chi connectivity index (χ1n) is 16.3. The van der Waals surface area contributed by atoms with E-state index in [1.165, 1.54) is 44.5 Å². The van der Waals surface area contributed by atoms with Gasteiger partial charge in [-0.15, -0.1) is 0 Å². The first kappa shape index (κ1) is 27.5. The number of rotatable bonds is 5. The van der Waals surface area contributed by atoms with Gasteiger partial charge in [-0.2, -0.15) is 0 Å². The van der Waals surface area contributed by atoms with Gasteiger partial charge in [0, 0.05) is 38.8 Å². The quantitative estimate of drug-likeness (QED) is 0.195. The molecule has 1 aliphatic carbocycles. The summed E-state index contributed by atoms with van der Waals surface area (Å²) in [5.74, 6) is 0. The summed E-state index contributed by atoms with van der Waals surface area (Å²) in [5, 5.41) is 2.28. The van der Waals surface area contributed by atoms with Gasteiger partial charge in [-0.3, -0.25) is 0 Å². The van der Waals surface area contributed by atoms with Gasteiger partial charge in [-0.05, 0) is 87.5 Å². The molecule has 1 heterocycles. The molecule has 2 nitrogen and oxygen atoms in total. The van der Waals surface area contributed by atoms with Crippen LogP contribution in [0.3, 0.4) is 0 Å². The fourth-order valence-electron chi connectivity index (χ4n) is 7.52. The highest BCUT2D eigenvalue weighted by molar-refractivity contribution is 6.10. The van der Waals surface area contributed by atoms with Gasteiger partial charge in [0.25, 0.3) is 0 Å². The second-order valence-corrected chi connectivity index (χ2v) is 13.0. The van der Waals surface area contributed by atoms with Gasteiger partial charge in [0.2, 0.25) is 0 Å². The molecule has 1 aromatic heterocycles. The number of anilines is 3. The third kappa shape index (κ3) is 4.40. The van der Waals surface area contributed by atoms with Crippen molar-refractivity contribution in [2.45, 2.75) is 19.3 Å². The fourth-order valence-corrected chi connectivity index (χ4v) is 7.52. The van der Waals surface area contributed by atoms with Crippen molar-refractivity contribution in [1.82, 2.24) is 0 Å². The second-order valence-electron chi connectivity index (χ2n) is 13.0. The summed E-state index contributed by atoms with van der Waals surface area (Å²) < 4.78 is 6.72. The number of hydrogen-bond donors (Lipinski definition) is 0. The summed E-state index contributed by atoms with van der Waals surface area (Å²) in [4.78, 5) is 2.34. The maximum absolute atomic E-state index is 6.72. The monoisotopic (exact) mass is 603 g/mol. The number of benzene rings is 7. The van der Waals surface area contributed by atoms with Crippen LogP contribution in [0, 0.1) is 0 Å². The van der Waals surface area contributed by atoms with Crippen LogP contribution in [0.25, 0.3) is 55.3 Å². The predicted molar refractivity (Wildman–Crippen MR) is 197 cm³/mol. The maximum Gasteiger partial charge on any atom is 0.140 e. The van der Waals surface area contributed by atoms with Gasteiger partial charge < -0.3 is 9.32 Å². The second kappa shape index (κ2) is 10.6. The van der Waals surface area contributed by atoms with Crippen LogP contribution in [0.4, 0.5) is 17.1 Å². The van der Waals surface area contributed by atoms with Crippen LogP contribution in [0.15, 0.2) is 168 Å². The number of furan rings is 1. The van der Waals surface area contributed by atoms with Crippen LogP contribution >= 0.6 is 0 Å². The highest BCUT2D eigenvalue weighted by Gasteiger charge is 2.38. The lowest BCUT2D eigenvalue weighted by molar-refractivity contribution is 0.620. The molecule has 224 valence electrons. The molecule has 1 aliphatic rings. The lowest BCUT2D eigenvalue weighted by atomic mass is 9.82. The Morgan fingerprint density at radius 2 is 0.979 bits per heavy atom. The largest absolute Gasteiger partial charge is 0.456 e. The van der Waals surface area contributed by atoms with Gasteiger partial charge in [0.05, 0.1) is 0 Å². The van der Waals surface area contributed by atoms with Crippen molar-refractivity contribution in [3.05, 3.63) is 175 Å². The van der Waals surface area contributed by atoms with Crippen LogP contribution in [0.5, 0.6) is 0 Å². The van der Waals surface area contributed by atoms with Crippen LogP contribution in [0.2, 0.25) is 0 Å². The maximum atomic E-state index is 6.72. The Labute approximate surface area is 275 Å². The minimum atomic E-state index is -0.144. The summed E-state index contributed by atoms with van der Waals surface area (Å²) in [7, 11) is 0. The molecular formula is C45H33NO. The lowest BCUT2D eigenvalue weighted by Gasteiger charge is -2.26. The van der Waals surface area contributed by atoms with Crippen molar-refractivity contribution in [2.24, 2.45) is 0 Å². The smallest absolute Gasteiger partial charge is 0.140 e. The number of fused-ring (bicyclic) bond motifs is 7. The molecule has 0 radical (unpaired) electrons. The highest BCUT2D eigenvalue weighted by Crippen LogP contribution is 2.52. The minimum Gasteiger partial charge on any atom is -0.456 e. The standard InChI is InChI=1S/C45H33NO/c1-45(2)41-16-10-9-15-37(41)38-26-27-39-40-29-36(25-28-42(40)47-44(39)43(38)45)46(34-21-17-32(18-22-34)30-11-5-3-6-12-30)35-23-19-33(20-24-35)31-13-7-4-8-14-31/h3-29H,1-2H3. The SMILES string of the molecule is CC1(C)c2ccccc2-c2ccc3c(oc4ccc(N(c5ccc(-c6ccccc6)cc5)c5ccc(-c6ccccc6)cc5)cc43)c21. The van der Waals surface area contributed by atoms with Crippen LogP contribution in [-0.4, -0.2) is 0 Å². The molecule has 7 aromatic carbocycles. The van der Waals surface area contributed by atoms with Gasteiger partial charge >= 0.3 is 0 Å². The van der Waals surface area contributed by atoms with E-state index in [9.17, 15) is 0 Å². The predicted octanol–water partition coefficient (Wildman–Crippen LogP) is 12.7. The summed E-state index contributed by atoms with van der Waals surface area (Å²) >= 11 is 0. The average molecular weight is 604 g/mol. The molecule has 2 heteroatoms. The van der Waals surface area contributed by atoms with Gasteiger partial charge in [-0.1, -0.05) is 129 Å². The zero-order chi connectivity index (χ0) is 31.5. The van der Waals surface area contributed by atoms with Crippen LogP contribution in [0.1, 0.15) is 25.0 Å². The molecule has 9 rings (SSSR count). The Balaban J connectivity index is 1.19. The molecule has 0 unspecified atom stereocenters. The van der Waals surface area contributed by atoms with Gasteiger partial charge in [0.1, 0.15) is 11.2 Å². The third-order valence-electron chi connectivity index (χ3n) is 9.86. The Kier molecular flexibility index (Phi) is 6.20. The Hall–Kier alpha value is -5.86. The summed E-state index contributed by atoms with van der Waals surface area (Å²) in [5.41, 5.74) is 15.1. The van der Waals surface area contributed by atoms with Crippen molar-refractivity contribution < 1.29 is 4.42 Å². The summed E-state index contributed by atoms with van der Waals surface area (Å²) in [6.07, 6.45) is 0. The van der Waals surface area contributed by atoms with E-state index in [4.69, 9.17) is 4.42 Å². The van der Waals surface area contributed by atoms with E-state index in [0.29, 0.717) is 0 Å². The molecule has 0 bridgehead atoms. The topological polar surface area (TPSA) is 16.4 Å². The molecule has 47 heavy (non-hydrogen) atoms. The highest BCUT2D eigenvalue weighted by atomic mass is 16.3. The molecule has 0 atom stereocenters. The van der Waals surface area contributed by atoms with E-state index in [1.54, 1.807) is 0 Å². The molecular weight excluding hydrogens is 571 g/mol. The third-order valence-corrected chi connectivity index (χ3v) is 9.86. The fraction of sp³-hybridized carbons (Fsp3) is 0.0667. The summed E-state index contributed by atoms with van der Waals surface area (Å²) in [6, 6.07) is 58.7. The van der Waals surface area contributed by atoms with Gasteiger partial charge in [-0.25, -0.2) is 0 Å². The first-order chi connectivity index (χ1) is 23.1. The van der Waals surface area contributed by atoms with E-state index in [2.05, 4.69) is 183 Å². The molecule has 8 aromatic rings. The minimum absolute atomic E-state index is 0.144. The Bertz CT molecular complexity index is 2320. The molecule has 0 saturated carbocycles. The first-order valence-corrected chi connectivity index (χ1v) is 16.3. The van der Waals surface area contributed by atoms with Crippen molar-refractivity contribution in [3.63, 3.8) is 0 Å². The molecule has 0 fully saturated rings. The average Bonchev–Trinajstić information content (AvgIpc) is 3.61. The van der Waals surface area contributed by atoms with Crippen molar-refractivity contribution in [1.29, 1.82) is 0 Å². The van der Waals surface area contributed by atoms with Crippen molar-refractivity contribution in [2.75, 3.05) is 4.90 Å².